The fraction of sp³-hybridized carbons (Fsp3) is 0.320. The number of ketones is 1. The highest BCUT2D eigenvalue weighted by Gasteiger charge is 2.18. The molecule has 0 unspecified atom stereocenters. The number of hydrogen-bond donors (Lipinski definition) is 0. The first-order chi connectivity index (χ1) is 12.7. The van der Waals surface area contributed by atoms with Crippen molar-refractivity contribution in [2.75, 3.05) is 0 Å². The van der Waals surface area contributed by atoms with Crippen molar-refractivity contribution >= 4 is 17.9 Å². The summed E-state index contributed by atoms with van der Waals surface area (Å²) in [6.07, 6.45) is 10.2. The standard InChI is InChI=1S/C25H28O/c1-3-19-9-13-21(14-10-19)17-23-7-5-6-8-24(25(23)26)18-22-15-11-20(4-2)12-16-22/h9-18H,3-8H2,1-2H3/b23-17-,24-18-. The van der Waals surface area contributed by atoms with Gasteiger partial charge in [-0.1, -0.05) is 62.4 Å². The fourth-order valence-electron chi connectivity index (χ4n) is 3.44. The summed E-state index contributed by atoms with van der Waals surface area (Å²) in [5.74, 6) is 0.224. The molecular weight excluding hydrogens is 316 g/mol. The zero-order valence-corrected chi connectivity index (χ0v) is 15.9. The molecule has 3 rings (SSSR count). The zero-order chi connectivity index (χ0) is 18.4. The lowest BCUT2D eigenvalue weighted by molar-refractivity contribution is -0.112. The maximum Gasteiger partial charge on any atom is 0.185 e. The maximum absolute atomic E-state index is 13.1. The summed E-state index contributed by atoms with van der Waals surface area (Å²) in [6, 6.07) is 17.1. The van der Waals surface area contributed by atoms with Crippen molar-refractivity contribution in [3.05, 3.63) is 81.9 Å². The molecule has 0 atom stereocenters. The Hall–Kier alpha value is -2.41. The molecule has 134 valence electrons. The average molecular weight is 344 g/mol. The zero-order valence-electron chi connectivity index (χ0n) is 15.9. The smallest absolute Gasteiger partial charge is 0.185 e. The van der Waals surface area contributed by atoms with Gasteiger partial charge in [-0.05, 0) is 72.9 Å². The monoisotopic (exact) mass is 344 g/mol. The number of hydrogen-bond acceptors (Lipinski definition) is 1. The van der Waals surface area contributed by atoms with Gasteiger partial charge >= 0.3 is 0 Å². The molecule has 0 amide bonds. The molecule has 1 saturated carbocycles. The second-order valence-corrected chi connectivity index (χ2v) is 7.07. The van der Waals surface area contributed by atoms with Crippen LogP contribution in [0.5, 0.6) is 0 Å². The number of carbonyl (C=O) groups excluding carboxylic acids is 1. The molecule has 1 heteroatoms. The van der Waals surface area contributed by atoms with Crippen molar-refractivity contribution in [1.29, 1.82) is 0 Å². The van der Waals surface area contributed by atoms with E-state index in [2.05, 4.69) is 74.5 Å². The van der Waals surface area contributed by atoms with Gasteiger partial charge in [0.1, 0.15) is 0 Å². The number of Topliss-reactive ketones (excluding diaryl/α,β-unsaturated/α-hetero) is 1. The van der Waals surface area contributed by atoms with Crippen LogP contribution in [0, 0.1) is 0 Å². The quantitative estimate of drug-likeness (QED) is 0.462. The number of benzene rings is 2. The summed E-state index contributed by atoms with van der Waals surface area (Å²) in [6.45, 7) is 4.32. The van der Waals surface area contributed by atoms with E-state index in [-0.39, 0.29) is 5.78 Å². The van der Waals surface area contributed by atoms with Crippen molar-refractivity contribution < 1.29 is 4.79 Å². The Morgan fingerprint density at radius 3 is 1.42 bits per heavy atom. The molecular formula is C25H28O. The summed E-state index contributed by atoms with van der Waals surface area (Å²) in [7, 11) is 0. The van der Waals surface area contributed by atoms with Gasteiger partial charge in [0.25, 0.3) is 0 Å². The predicted octanol–water partition coefficient (Wildman–Crippen LogP) is 6.42. The average Bonchev–Trinajstić information content (AvgIpc) is 2.85. The van der Waals surface area contributed by atoms with Crippen LogP contribution in [0.4, 0.5) is 0 Å². The molecule has 0 spiro atoms. The molecule has 0 aliphatic heterocycles. The van der Waals surface area contributed by atoms with E-state index in [1.165, 1.54) is 11.1 Å². The minimum absolute atomic E-state index is 0.224. The third-order valence-electron chi connectivity index (χ3n) is 5.18. The van der Waals surface area contributed by atoms with Crippen molar-refractivity contribution in [2.45, 2.75) is 52.4 Å². The molecule has 2 aromatic carbocycles. The second kappa shape index (κ2) is 8.80. The van der Waals surface area contributed by atoms with Crippen LogP contribution in [0.25, 0.3) is 12.2 Å². The Balaban J connectivity index is 1.86. The van der Waals surface area contributed by atoms with Gasteiger partial charge in [-0.25, -0.2) is 0 Å². The summed E-state index contributed by atoms with van der Waals surface area (Å²) in [5, 5.41) is 0. The Morgan fingerprint density at radius 2 is 1.08 bits per heavy atom. The van der Waals surface area contributed by atoms with Crippen molar-refractivity contribution in [3.63, 3.8) is 0 Å². The highest BCUT2D eigenvalue weighted by Crippen LogP contribution is 2.27. The van der Waals surface area contributed by atoms with Crippen LogP contribution in [0.15, 0.2) is 59.7 Å². The van der Waals surface area contributed by atoms with Crippen LogP contribution in [0.3, 0.4) is 0 Å². The van der Waals surface area contributed by atoms with Gasteiger partial charge in [-0.3, -0.25) is 4.79 Å². The topological polar surface area (TPSA) is 17.1 Å². The summed E-state index contributed by atoms with van der Waals surface area (Å²) in [5.41, 5.74) is 6.80. The van der Waals surface area contributed by atoms with E-state index >= 15 is 0 Å². The van der Waals surface area contributed by atoms with Crippen LogP contribution < -0.4 is 0 Å². The second-order valence-electron chi connectivity index (χ2n) is 7.07. The lowest BCUT2D eigenvalue weighted by Crippen LogP contribution is -2.04. The third kappa shape index (κ3) is 4.60. The lowest BCUT2D eigenvalue weighted by atomic mass is 9.97. The van der Waals surface area contributed by atoms with Crippen LogP contribution in [0.2, 0.25) is 0 Å². The van der Waals surface area contributed by atoms with Crippen molar-refractivity contribution in [2.24, 2.45) is 0 Å². The molecule has 0 N–H and O–H groups in total. The number of carbonyl (C=O) groups is 1. The van der Waals surface area contributed by atoms with Gasteiger partial charge in [0.05, 0.1) is 0 Å². The Morgan fingerprint density at radius 1 is 0.692 bits per heavy atom. The van der Waals surface area contributed by atoms with Gasteiger partial charge in [0.15, 0.2) is 5.78 Å². The van der Waals surface area contributed by atoms with Crippen molar-refractivity contribution in [1.82, 2.24) is 0 Å². The summed E-state index contributed by atoms with van der Waals surface area (Å²) in [4.78, 5) is 13.1. The van der Waals surface area contributed by atoms with Crippen LogP contribution in [0.1, 0.15) is 61.8 Å². The Labute approximate surface area is 157 Å². The highest BCUT2D eigenvalue weighted by molar-refractivity contribution is 6.13. The van der Waals surface area contributed by atoms with Gasteiger partial charge in [0, 0.05) is 11.1 Å². The lowest BCUT2D eigenvalue weighted by Gasteiger charge is -2.06. The van der Waals surface area contributed by atoms with E-state index in [1.807, 2.05) is 0 Å². The van der Waals surface area contributed by atoms with Gasteiger partial charge in [-0.15, -0.1) is 0 Å². The SMILES string of the molecule is CCc1ccc(/C=C2/CCCC/C(=C/c3ccc(CC)cc3)C2=O)cc1. The normalized spacial score (nSPS) is 18.3. The number of aryl methyl sites for hydroxylation is 2. The first-order valence-corrected chi connectivity index (χ1v) is 9.83. The molecule has 1 nitrogen and oxygen atoms in total. The minimum atomic E-state index is 0.224. The van der Waals surface area contributed by atoms with E-state index in [4.69, 9.17) is 0 Å². The molecule has 26 heavy (non-hydrogen) atoms. The predicted molar refractivity (Wildman–Crippen MR) is 111 cm³/mol. The van der Waals surface area contributed by atoms with Gasteiger partial charge in [0.2, 0.25) is 0 Å². The summed E-state index contributed by atoms with van der Waals surface area (Å²) < 4.78 is 0. The van der Waals surface area contributed by atoms with Crippen LogP contribution in [-0.4, -0.2) is 5.78 Å². The van der Waals surface area contributed by atoms with E-state index in [0.717, 1.165) is 60.8 Å². The fourth-order valence-corrected chi connectivity index (χ4v) is 3.44. The molecule has 0 radical (unpaired) electrons. The molecule has 1 aliphatic rings. The Bertz CT molecular complexity index is 735. The van der Waals surface area contributed by atoms with E-state index in [1.54, 1.807) is 0 Å². The molecule has 1 fully saturated rings. The molecule has 2 aromatic rings. The highest BCUT2D eigenvalue weighted by atomic mass is 16.1. The minimum Gasteiger partial charge on any atom is -0.289 e. The number of rotatable bonds is 4. The van der Waals surface area contributed by atoms with Gasteiger partial charge in [-0.2, -0.15) is 0 Å². The molecule has 1 aliphatic carbocycles. The third-order valence-corrected chi connectivity index (χ3v) is 5.18. The molecule has 0 heterocycles. The molecule has 0 aromatic heterocycles. The first-order valence-electron chi connectivity index (χ1n) is 9.83. The molecule has 0 saturated heterocycles. The van der Waals surface area contributed by atoms with Crippen molar-refractivity contribution in [3.8, 4) is 0 Å². The van der Waals surface area contributed by atoms with E-state index < -0.39 is 0 Å². The molecule has 0 bridgehead atoms. The Kier molecular flexibility index (Phi) is 6.22. The van der Waals surface area contributed by atoms with Crippen LogP contribution >= 0.6 is 0 Å². The van der Waals surface area contributed by atoms with Crippen LogP contribution in [-0.2, 0) is 17.6 Å². The van der Waals surface area contributed by atoms with E-state index in [9.17, 15) is 4.79 Å². The van der Waals surface area contributed by atoms with Gasteiger partial charge < -0.3 is 0 Å². The number of allylic oxidation sites excluding steroid dienone is 2. The largest absolute Gasteiger partial charge is 0.289 e. The summed E-state index contributed by atoms with van der Waals surface area (Å²) >= 11 is 0. The van der Waals surface area contributed by atoms with E-state index in [0.29, 0.717) is 0 Å². The maximum atomic E-state index is 13.1. The first kappa shape index (κ1) is 18.4.